The van der Waals surface area contributed by atoms with Gasteiger partial charge < -0.3 is 10.1 Å². The second-order valence-corrected chi connectivity index (χ2v) is 9.73. The molecule has 0 heterocycles. The zero-order chi connectivity index (χ0) is 24.9. The van der Waals surface area contributed by atoms with Crippen molar-refractivity contribution in [2.45, 2.75) is 37.1 Å². The van der Waals surface area contributed by atoms with E-state index in [9.17, 15) is 22.0 Å². The topological polar surface area (TPSA) is 84.5 Å². The molecule has 2 N–H and O–H groups in total. The molecule has 1 unspecified atom stereocenters. The van der Waals surface area contributed by atoms with Crippen molar-refractivity contribution in [3.05, 3.63) is 89.5 Å². The van der Waals surface area contributed by atoms with Gasteiger partial charge in [0.25, 0.3) is 0 Å². The molecule has 0 fully saturated rings. The van der Waals surface area contributed by atoms with Crippen LogP contribution in [0.3, 0.4) is 0 Å². The summed E-state index contributed by atoms with van der Waals surface area (Å²) in [5.41, 5.74) is 1.49. The van der Waals surface area contributed by atoms with Gasteiger partial charge in [0.05, 0.1) is 7.11 Å². The van der Waals surface area contributed by atoms with Gasteiger partial charge in [0.15, 0.2) is 11.6 Å². The number of methoxy groups -OCH3 is 1. The van der Waals surface area contributed by atoms with Gasteiger partial charge in [-0.1, -0.05) is 50.2 Å². The minimum Gasteiger partial charge on any atom is -0.495 e. The third-order valence-corrected chi connectivity index (χ3v) is 6.72. The largest absolute Gasteiger partial charge is 0.495 e. The van der Waals surface area contributed by atoms with Crippen LogP contribution in [0.4, 0.5) is 14.5 Å². The van der Waals surface area contributed by atoms with Gasteiger partial charge in [0.1, 0.15) is 16.7 Å². The SMILES string of the molecule is COc1ccc(C(C)C)cc1S(=O)(=O)NC(Cc1ccccc1)C(=O)Nc1ccc(F)c(F)c1. The highest BCUT2D eigenvalue weighted by atomic mass is 32.2. The number of carbonyl (C=O) groups is 1. The van der Waals surface area contributed by atoms with Crippen molar-refractivity contribution >= 4 is 21.6 Å². The fourth-order valence-corrected chi connectivity index (χ4v) is 4.75. The summed E-state index contributed by atoms with van der Waals surface area (Å²) in [7, 11) is -2.84. The van der Waals surface area contributed by atoms with E-state index in [4.69, 9.17) is 4.74 Å². The van der Waals surface area contributed by atoms with Crippen LogP contribution in [0.25, 0.3) is 0 Å². The number of rotatable bonds is 9. The summed E-state index contributed by atoms with van der Waals surface area (Å²) >= 11 is 0. The lowest BCUT2D eigenvalue weighted by Gasteiger charge is -2.20. The zero-order valence-corrected chi connectivity index (χ0v) is 19.8. The predicted octanol–water partition coefficient (Wildman–Crippen LogP) is 4.63. The molecule has 0 aliphatic carbocycles. The van der Waals surface area contributed by atoms with Crippen LogP contribution in [0.5, 0.6) is 5.75 Å². The molecule has 0 aliphatic heterocycles. The average molecular weight is 489 g/mol. The van der Waals surface area contributed by atoms with Crippen LogP contribution in [0.2, 0.25) is 0 Å². The summed E-state index contributed by atoms with van der Waals surface area (Å²) in [5, 5.41) is 2.46. The van der Waals surface area contributed by atoms with E-state index >= 15 is 0 Å². The number of amides is 1. The van der Waals surface area contributed by atoms with E-state index in [1.54, 1.807) is 42.5 Å². The Balaban J connectivity index is 1.95. The smallest absolute Gasteiger partial charge is 0.245 e. The van der Waals surface area contributed by atoms with Gasteiger partial charge in [0.2, 0.25) is 15.9 Å². The number of hydrogen-bond donors (Lipinski definition) is 2. The quantitative estimate of drug-likeness (QED) is 0.460. The van der Waals surface area contributed by atoms with Gasteiger partial charge in [0, 0.05) is 11.8 Å². The average Bonchev–Trinajstić information content (AvgIpc) is 2.81. The molecular formula is C25H26F2N2O4S. The number of ether oxygens (including phenoxy) is 1. The number of anilines is 1. The number of nitrogens with one attached hydrogen (secondary N) is 2. The Bertz CT molecular complexity index is 1270. The Labute approximate surface area is 198 Å². The van der Waals surface area contributed by atoms with Crippen molar-refractivity contribution in [3.63, 3.8) is 0 Å². The first-order chi connectivity index (χ1) is 16.1. The summed E-state index contributed by atoms with van der Waals surface area (Å²) in [4.78, 5) is 13.0. The normalized spacial score (nSPS) is 12.4. The number of halogens is 2. The van der Waals surface area contributed by atoms with Crippen molar-refractivity contribution in [2.75, 3.05) is 12.4 Å². The number of benzene rings is 3. The maximum atomic E-state index is 13.6. The minimum absolute atomic E-state index is 0.000505. The molecule has 1 amide bonds. The molecule has 180 valence electrons. The van der Waals surface area contributed by atoms with Gasteiger partial charge in [-0.2, -0.15) is 4.72 Å². The van der Waals surface area contributed by atoms with E-state index in [0.717, 1.165) is 17.7 Å². The van der Waals surface area contributed by atoms with Crippen LogP contribution in [-0.2, 0) is 21.2 Å². The number of hydrogen-bond acceptors (Lipinski definition) is 4. The first-order valence-corrected chi connectivity index (χ1v) is 12.1. The van der Waals surface area contributed by atoms with E-state index < -0.39 is 33.6 Å². The molecule has 3 aromatic rings. The molecule has 3 rings (SSSR count). The Morgan fingerprint density at radius 3 is 2.29 bits per heavy atom. The molecule has 0 saturated carbocycles. The highest BCUT2D eigenvalue weighted by Gasteiger charge is 2.29. The second kappa shape index (κ2) is 10.8. The molecule has 0 radical (unpaired) electrons. The summed E-state index contributed by atoms with van der Waals surface area (Å²) in [5.74, 6) is -2.71. The van der Waals surface area contributed by atoms with Gasteiger partial charge in [-0.25, -0.2) is 17.2 Å². The van der Waals surface area contributed by atoms with E-state index in [2.05, 4.69) is 10.0 Å². The third kappa shape index (κ3) is 6.18. The lowest BCUT2D eigenvalue weighted by molar-refractivity contribution is -0.117. The van der Waals surface area contributed by atoms with Crippen molar-refractivity contribution in [1.82, 2.24) is 4.72 Å². The van der Waals surface area contributed by atoms with Gasteiger partial charge in [-0.15, -0.1) is 0 Å². The van der Waals surface area contributed by atoms with E-state index in [0.29, 0.717) is 5.56 Å². The van der Waals surface area contributed by atoms with E-state index in [-0.39, 0.29) is 28.7 Å². The summed E-state index contributed by atoms with van der Waals surface area (Å²) in [6, 6.07) is 15.4. The van der Waals surface area contributed by atoms with Gasteiger partial charge >= 0.3 is 0 Å². The Hall–Kier alpha value is -3.30. The van der Waals surface area contributed by atoms with Crippen LogP contribution in [0.15, 0.2) is 71.6 Å². The zero-order valence-electron chi connectivity index (χ0n) is 19.0. The Morgan fingerprint density at radius 1 is 0.971 bits per heavy atom. The maximum Gasteiger partial charge on any atom is 0.245 e. The molecule has 0 aliphatic rings. The molecule has 3 aromatic carbocycles. The van der Waals surface area contributed by atoms with Crippen LogP contribution in [-0.4, -0.2) is 27.5 Å². The Kier molecular flexibility index (Phi) is 8.01. The van der Waals surface area contributed by atoms with Crippen molar-refractivity contribution in [1.29, 1.82) is 0 Å². The highest BCUT2D eigenvalue weighted by Crippen LogP contribution is 2.28. The van der Waals surface area contributed by atoms with Gasteiger partial charge in [-0.3, -0.25) is 4.79 Å². The van der Waals surface area contributed by atoms with Crippen LogP contribution >= 0.6 is 0 Å². The molecule has 9 heteroatoms. The molecule has 1 atom stereocenters. The lowest BCUT2D eigenvalue weighted by Crippen LogP contribution is -2.45. The second-order valence-electron chi connectivity index (χ2n) is 8.05. The molecule has 6 nitrogen and oxygen atoms in total. The molecular weight excluding hydrogens is 462 g/mol. The van der Waals surface area contributed by atoms with Crippen molar-refractivity contribution in [3.8, 4) is 5.75 Å². The van der Waals surface area contributed by atoms with Crippen LogP contribution < -0.4 is 14.8 Å². The molecule has 34 heavy (non-hydrogen) atoms. The summed E-state index contributed by atoms with van der Waals surface area (Å²) < 4.78 is 61.3. The summed E-state index contributed by atoms with van der Waals surface area (Å²) in [6.07, 6.45) is 0.0295. The van der Waals surface area contributed by atoms with Crippen LogP contribution in [0, 0.1) is 11.6 Å². The number of carbonyl (C=O) groups excluding carboxylic acids is 1. The molecule has 0 spiro atoms. The fourth-order valence-electron chi connectivity index (χ4n) is 3.35. The number of sulfonamides is 1. The third-order valence-electron chi connectivity index (χ3n) is 5.23. The standard InChI is InChI=1S/C25H26F2N2O4S/c1-16(2)18-9-12-23(33-3)24(14-18)34(31,32)29-22(13-17-7-5-4-6-8-17)25(30)28-19-10-11-20(26)21(27)15-19/h4-12,14-16,22,29H,13H2,1-3H3,(H,28,30). The lowest BCUT2D eigenvalue weighted by atomic mass is 10.0. The van der Waals surface area contributed by atoms with E-state index in [1.807, 2.05) is 13.8 Å². The first kappa shape index (κ1) is 25.3. The highest BCUT2D eigenvalue weighted by molar-refractivity contribution is 7.89. The summed E-state index contributed by atoms with van der Waals surface area (Å²) in [6.45, 7) is 3.86. The van der Waals surface area contributed by atoms with Crippen LogP contribution in [0.1, 0.15) is 30.9 Å². The fraction of sp³-hybridized carbons (Fsp3) is 0.240. The minimum atomic E-state index is -4.20. The first-order valence-electron chi connectivity index (χ1n) is 10.6. The van der Waals surface area contributed by atoms with E-state index in [1.165, 1.54) is 19.2 Å². The van der Waals surface area contributed by atoms with Crippen molar-refractivity contribution in [2.24, 2.45) is 0 Å². The van der Waals surface area contributed by atoms with Crippen molar-refractivity contribution < 1.29 is 26.7 Å². The molecule has 0 saturated heterocycles. The van der Waals surface area contributed by atoms with Gasteiger partial charge in [-0.05, 0) is 47.7 Å². The predicted molar refractivity (Wildman–Crippen MR) is 126 cm³/mol. The Morgan fingerprint density at radius 2 is 1.68 bits per heavy atom. The maximum absolute atomic E-state index is 13.6. The molecule has 0 bridgehead atoms. The molecule has 0 aromatic heterocycles. The monoisotopic (exact) mass is 488 g/mol.